The second-order valence-electron chi connectivity index (χ2n) is 24.9. The number of phenolic OH excluding ortho intramolecular Hbond substituents is 3. The van der Waals surface area contributed by atoms with Gasteiger partial charge in [0.2, 0.25) is 0 Å². The number of para-hydroxylation sites is 3. The van der Waals surface area contributed by atoms with Gasteiger partial charge >= 0.3 is 17.9 Å². The van der Waals surface area contributed by atoms with Crippen LogP contribution in [0.25, 0.3) is 0 Å². The van der Waals surface area contributed by atoms with E-state index in [0.29, 0.717) is 73.6 Å². The van der Waals surface area contributed by atoms with Crippen LogP contribution < -0.4 is 14.2 Å². The fraction of sp³-hybridized carbons (Fsp3) is 0.466. The first kappa shape index (κ1) is 73.3. The van der Waals surface area contributed by atoms with Crippen molar-refractivity contribution < 1.29 is 58.1 Å². The van der Waals surface area contributed by atoms with Crippen molar-refractivity contribution in [2.75, 3.05) is 65.7 Å². The van der Waals surface area contributed by atoms with Gasteiger partial charge < -0.3 is 43.7 Å². The fourth-order valence-electron chi connectivity index (χ4n) is 11.5. The van der Waals surface area contributed by atoms with Crippen LogP contribution in [0.1, 0.15) is 123 Å². The summed E-state index contributed by atoms with van der Waals surface area (Å²) in [5.41, 5.74) is 1.03. The van der Waals surface area contributed by atoms with Gasteiger partial charge in [-0.25, -0.2) is 0 Å². The zero-order chi connectivity index (χ0) is 64.7. The van der Waals surface area contributed by atoms with Crippen LogP contribution in [0.15, 0.2) is 146 Å². The van der Waals surface area contributed by atoms with Crippen molar-refractivity contribution in [3.63, 3.8) is 0 Å². The molecule has 9 rings (SSSR count). The molecule has 0 spiro atoms. The van der Waals surface area contributed by atoms with Gasteiger partial charge in [0.15, 0.2) is 0 Å². The minimum absolute atomic E-state index is 0. The Labute approximate surface area is 554 Å². The molecule has 0 atom stereocenters. The number of aromatic hydroxyl groups is 3. The van der Waals surface area contributed by atoms with Crippen LogP contribution in [0.3, 0.4) is 0 Å². The minimum atomic E-state index is -0.550. The maximum atomic E-state index is 13.2. The molecule has 6 aromatic carbocycles. The topological polar surface area (TPSA) is 177 Å². The van der Waals surface area contributed by atoms with E-state index in [-0.39, 0.29) is 48.7 Å². The van der Waals surface area contributed by atoms with E-state index in [4.69, 9.17) is 63.2 Å². The van der Waals surface area contributed by atoms with Gasteiger partial charge in [0.05, 0.1) is 63.8 Å². The summed E-state index contributed by atoms with van der Waals surface area (Å²) in [7, 11) is 0. The van der Waals surface area contributed by atoms with Crippen LogP contribution in [-0.2, 0) is 48.2 Å². The summed E-state index contributed by atoms with van der Waals surface area (Å²) in [6, 6.07) is 44.9. The molecule has 91 heavy (non-hydrogen) atoms. The van der Waals surface area contributed by atoms with Crippen LogP contribution in [0.5, 0.6) is 34.5 Å². The van der Waals surface area contributed by atoms with Gasteiger partial charge in [-0.15, -0.1) is 0 Å². The second-order valence-corrected chi connectivity index (χ2v) is 26.2. The maximum Gasteiger partial charge on any atom is 0.312 e. The lowest BCUT2D eigenvalue weighted by Gasteiger charge is -2.41. The van der Waals surface area contributed by atoms with E-state index in [1.807, 2.05) is 151 Å². The number of hydrogen-bond donors (Lipinski definition) is 3. The Morgan fingerprint density at radius 2 is 0.769 bits per heavy atom. The molecule has 0 saturated carbocycles. The van der Waals surface area contributed by atoms with E-state index in [2.05, 4.69) is 14.7 Å². The Balaban J connectivity index is 0.000000216. The first-order chi connectivity index (χ1) is 43.1. The zero-order valence-corrected chi connectivity index (χ0v) is 55.2. The number of carbonyl (C=O) groups is 3. The molecule has 0 aromatic heterocycles. The molecule has 6 aromatic rings. The monoisotopic (exact) mass is 1310 g/mol. The molecular weight excluding hydrogens is 1220 g/mol. The molecule has 3 saturated heterocycles. The predicted molar refractivity (Wildman–Crippen MR) is 360 cm³/mol. The van der Waals surface area contributed by atoms with Crippen molar-refractivity contribution in [2.45, 2.75) is 138 Å². The van der Waals surface area contributed by atoms with Crippen molar-refractivity contribution in [1.82, 2.24) is 14.7 Å². The number of phenols is 3. The third-order valence-corrected chi connectivity index (χ3v) is 17.7. The fourth-order valence-corrected chi connectivity index (χ4v) is 12.1. The van der Waals surface area contributed by atoms with Crippen molar-refractivity contribution >= 4 is 52.7 Å². The number of esters is 3. The lowest BCUT2D eigenvalue weighted by molar-refractivity contribution is -0.172. The summed E-state index contributed by atoms with van der Waals surface area (Å²) in [5, 5.41) is 29.9. The summed E-state index contributed by atoms with van der Waals surface area (Å²) in [4.78, 5) is 45.9. The quantitative estimate of drug-likeness (QED) is 0.0407. The highest BCUT2D eigenvalue weighted by atomic mass is 35.5. The Morgan fingerprint density at radius 3 is 1.04 bits per heavy atom. The first-order valence-corrected chi connectivity index (χ1v) is 32.4. The summed E-state index contributed by atoms with van der Waals surface area (Å²) >= 11 is 18.1. The molecule has 15 nitrogen and oxygen atoms in total. The average molecular weight is 1310 g/mol. The van der Waals surface area contributed by atoms with E-state index < -0.39 is 21.8 Å². The predicted octanol–water partition coefficient (Wildman–Crippen LogP) is 15.8. The highest BCUT2D eigenvalue weighted by molar-refractivity contribution is 6.32. The second kappa shape index (κ2) is 35.4. The van der Waals surface area contributed by atoms with E-state index in [0.717, 1.165) is 119 Å². The molecule has 3 N–H and O–H groups in total. The number of rotatable bonds is 23. The number of carbonyl (C=O) groups excluding carboxylic acids is 3. The third-order valence-electron chi connectivity index (χ3n) is 16.8. The van der Waals surface area contributed by atoms with Crippen LogP contribution >= 0.6 is 34.8 Å². The highest BCUT2D eigenvalue weighted by Crippen LogP contribution is 2.41. The van der Waals surface area contributed by atoms with E-state index in [9.17, 15) is 29.7 Å². The van der Waals surface area contributed by atoms with E-state index in [1.165, 1.54) is 0 Å². The number of likely N-dealkylation sites (tertiary alicyclic amines) is 3. The largest absolute Gasteiger partial charge is 0.506 e. The Bertz CT molecular complexity index is 3180. The molecule has 0 radical (unpaired) electrons. The van der Waals surface area contributed by atoms with Gasteiger partial charge in [-0.1, -0.05) is 115 Å². The molecular formula is C73H94Cl3N3O12. The Hall–Kier alpha value is -6.72. The molecule has 18 heteroatoms. The van der Waals surface area contributed by atoms with Gasteiger partial charge in [0.25, 0.3) is 0 Å². The van der Waals surface area contributed by atoms with Crippen LogP contribution in [0, 0.1) is 16.2 Å². The molecule has 3 fully saturated rings. The molecule has 0 unspecified atom stereocenters. The molecule has 494 valence electrons. The average Bonchev–Trinajstić information content (AvgIpc) is 1.45. The normalized spacial score (nSPS) is 16.3. The smallest absolute Gasteiger partial charge is 0.312 e. The molecule has 3 aliphatic rings. The molecule has 0 bridgehead atoms. The number of piperidine rings is 3. The van der Waals surface area contributed by atoms with Crippen molar-refractivity contribution in [3.05, 3.63) is 177 Å². The summed E-state index contributed by atoms with van der Waals surface area (Å²) in [6.07, 6.45) is 6.09. The number of nitrogens with zero attached hydrogens (tertiary/aromatic N) is 3. The highest BCUT2D eigenvalue weighted by Gasteiger charge is 2.46. The SMILES string of the molecule is C.CC(C)(C)OC(=O)C1(CCOc2ccccc2)CCN(Cc2ccc(O)c(Cl)c2)CC1.CC(C)OC(=O)C1(CCOc2ccccc2)CCN(Cc2ccc(O)c(Cl)c2)CC1.CCOC(=O)C1(CCOc2ccccc2)CCN(Cc2ccc(O)c(Cl)c2)CC1. The van der Waals surface area contributed by atoms with Crippen molar-refractivity contribution in [2.24, 2.45) is 16.2 Å². The summed E-state index contributed by atoms with van der Waals surface area (Å²) in [5.74, 6) is 2.32. The van der Waals surface area contributed by atoms with Crippen LogP contribution in [0.2, 0.25) is 15.1 Å². The summed E-state index contributed by atoms with van der Waals surface area (Å²) in [6.45, 7) is 20.1. The molecule has 0 amide bonds. The summed E-state index contributed by atoms with van der Waals surface area (Å²) < 4.78 is 34.5. The molecule has 3 heterocycles. The lowest BCUT2D eigenvalue weighted by atomic mass is 9.75. The van der Waals surface area contributed by atoms with E-state index in [1.54, 1.807) is 36.4 Å². The van der Waals surface area contributed by atoms with Crippen LogP contribution in [-0.4, -0.2) is 125 Å². The van der Waals surface area contributed by atoms with Gasteiger partial charge in [-0.05, 0) is 228 Å². The standard InChI is InChI=1S/C25H32ClNO4.C24H30ClNO4.C23H28ClNO4.CH4/c1-24(2,3)31-23(29)25(13-16-30-20-7-5-4-6-8-20)11-14-27(15-12-25)18-19-9-10-22(28)21(26)17-19;1-18(2)30-23(28)24(12-15-29-20-6-4-3-5-7-20)10-13-26(14-11-24)17-19-8-9-22(27)21(25)16-19;1-2-28-22(27)23(12-15-29-19-6-4-3-5-7-19)10-13-25(14-11-23)17-18-8-9-21(26)20(24)16-18;/h4-10,17,28H,11-16,18H2,1-3H3;3-9,16,18,27H,10-15,17H2,1-2H3;3-9,16,26H,2,10-15,17H2,1H3;1H4. The van der Waals surface area contributed by atoms with Crippen molar-refractivity contribution in [3.8, 4) is 34.5 Å². The Kier molecular flexibility index (Phi) is 28.5. The number of halogens is 3. The van der Waals surface area contributed by atoms with Gasteiger partial charge in [-0.2, -0.15) is 0 Å². The van der Waals surface area contributed by atoms with Gasteiger partial charge in [-0.3, -0.25) is 29.1 Å². The van der Waals surface area contributed by atoms with Gasteiger partial charge in [0, 0.05) is 19.6 Å². The minimum Gasteiger partial charge on any atom is -0.506 e. The molecule has 0 aliphatic carbocycles. The Morgan fingerprint density at radius 1 is 0.473 bits per heavy atom. The van der Waals surface area contributed by atoms with Crippen molar-refractivity contribution in [1.29, 1.82) is 0 Å². The van der Waals surface area contributed by atoms with Crippen LogP contribution in [0.4, 0.5) is 0 Å². The maximum absolute atomic E-state index is 13.2. The first-order valence-electron chi connectivity index (χ1n) is 31.3. The molecule has 3 aliphatic heterocycles. The van der Waals surface area contributed by atoms with Gasteiger partial charge in [0.1, 0.15) is 40.1 Å². The number of benzene rings is 6. The zero-order valence-electron chi connectivity index (χ0n) is 53.0. The number of ether oxygens (including phenoxy) is 6. The number of hydrogen-bond acceptors (Lipinski definition) is 15. The van der Waals surface area contributed by atoms with E-state index >= 15 is 0 Å². The lowest BCUT2D eigenvalue weighted by Crippen LogP contribution is -2.47. The third kappa shape index (κ3) is 22.8.